The standard InChI is InChI=1S/C38H22N4/c1-40-36-23-28(17-19-42-36)26-9-7-11-30(21-26)38-34-14-4-2-12-32(34)37(33-13-3-5-15-35(33)38)29-10-6-8-25(20-29)27-16-18-41-31(22-27)24-39/h2-23H. The molecular weight excluding hydrogens is 512 g/mol. The summed E-state index contributed by atoms with van der Waals surface area (Å²) < 4.78 is 0. The van der Waals surface area contributed by atoms with Gasteiger partial charge in [0.25, 0.3) is 5.82 Å². The summed E-state index contributed by atoms with van der Waals surface area (Å²) in [7, 11) is 0. The number of hydrogen-bond acceptors (Lipinski definition) is 3. The molecule has 0 saturated carbocycles. The highest BCUT2D eigenvalue weighted by molar-refractivity contribution is 6.21. The lowest BCUT2D eigenvalue weighted by atomic mass is 9.85. The Kier molecular flexibility index (Phi) is 6.21. The fourth-order valence-electron chi connectivity index (χ4n) is 5.79. The van der Waals surface area contributed by atoms with Crippen molar-refractivity contribution in [1.29, 1.82) is 5.26 Å². The van der Waals surface area contributed by atoms with Crippen molar-refractivity contribution in [2.75, 3.05) is 0 Å². The van der Waals surface area contributed by atoms with Crippen molar-refractivity contribution in [3.05, 3.63) is 151 Å². The van der Waals surface area contributed by atoms with Crippen molar-refractivity contribution in [2.45, 2.75) is 0 Å². The summed E-state index contributed by atoms with van der Waals surface area (Å²) in [6.45, 7) is 7.38. The Morgan fingerprint density at radius 2 is 0.952 bits per heavy atom. The van der Waals surface area contributed by atoms with Gasteiger partial charge in [-0.05, 0) is 102 Å². The molecule has 4 nitrogen and oxygen atoms in total. The highest BCUT2D eigenvalue weighted by Gasteiger charge is 2.17. The van der Waals surface area contributed by atoms with Crippen molar-refractivity contribution < 1.29 is 0 Å². The van der Waals surface area contributed by atoms with Gasteiger partial charge in [-0.3, -0.25) is 0 Å². The van der Waals surface area contributed by atoms with Gasteiger partial charge in [0.05, 0.1) is 0 Å². The molecule has 2 aromatic heterocycles. The number of nitriles is 1. The number of nitrogens with zero attached hydrogens (tertiary/aromatic N) is 4. The van der Waals surface area contributed by atoms with Gasteiger partial charge in [-0.25, -0.2) is 4.98 Å². The van der Waals surface area contributed by atoms with E-state index >= 15 is 0 Å². The van der Waals surface area contributed by atoms with Crippen LogP contribution in [0.2, 0.25) is 0 Å². The second-order valence-electron chi connectivity index (χ2n) is 10.1. The van der Waals surface area contributed by atoms with Crippen LogP contribution >= 0.6 is 0 Å². The molecule has 42 heavy (non-hydrogen) atoms. The van der Waals surface area contributed by atoms with Crippen LogP contribution in [0.15, 0.2) is 134 Å². The molecule has 0 atom stereocenters. The van der Waals surface area contributed by atoms with Gasteiger partial charge in [0.1, 0.15) is 18.0 Å². The van der Waals surface area contributed by atoms with Crippen molar-refractivity contribution in [1.82, 2.24) is 9.97 Å². The van der Waals surface area contributed by atoms with E-state index in [9.17, 15) is 5.26 Å². The van der Waals surface area contributed by atoms with Gasteiger partial charge in [-0.15, -0.1) is 4.98 Å². The van der Waals surface area contributed by atoms with Gasteiger partial charge < -0.3 is 4.85 Å². The molecule has 5 aromatic carbocycles. The molecule has 0 fully saturated rings. The van der Waals surface area contributed by atoms with E-state index in [-0.39, 0.29) is 0 Å². The normalized spacial score (nSPS) is 10.8. The third-order valence-corrected chi connectivity index (χ3v) is 7.64. The molecule has 4 heteroatoms. The Hall–Kier alpha value is -6.10. The van der Waals surface area contributed by atoms with Crippen LogP contribution in [0.4, 0.5) is 5.82 Å². The maximum absolute atomic E-state index is 9.38. The number of pyridine rings is 2. The zero-order valence-corrected chi connectivity index (χ0v) is 22.5. The first-order valence-corrected chi connectivity index (χ1v) is 13.6. The van der Waals surface area contributed by atoms with Gasteiger partial charge in [0.2, 0.25) is 0 Å². The monoisotopic (exact) mass is 534 g/mol. The maximum Gasteiger partial charge on any atom is 0.270 e. The van der Waals surface area contributed by atoms with Crippen LogP contribution in [0.3, 0.4) is 0 Å². The predicted octanol–water partition coefficient (Wildman–Crippen LogP) is 9.87. The first kappa shape index (κ1) is 24.9. The van der Waals surface area contributed by atoms with E-state index < -0.39 is 0 Å². The SMILES string of the molecule is [C-]#[N+]c1cc(-c2cccc(-c3c4ccccc4c(-c4cccc(-c5ccnc(C#N)c5)c4)c4ccccc34)c2)ccn1. The molecule has 7 aromatic rings. The second kappa shape index (κ2) is 10.5. The zero-order chi connectivity index (χ0) is 28.5. The molecule has 0 bridgehead atoms. The van der Waals surface area contributed by atoms with Crippen LogP contribution < -0.4 is 0 Å². The van der Waals surface area contributed by atoms with Crippen molar-refractivity contribution in [3.8, 4) is 50.6 Å². The summed E-state index contributed by atoms with van der Waals surface area (Å²) in [5.41, 5.74) is 8.98. The number of fused-ring (bicyclic) bond motifs is 2. The van der Waals surface area contributed by atoms with Crippen LogP contribution in [-0.4, -0.2) is 9.97 Å². The van der Waals surface area contributed by atoms with Gasteiger partial charge >= 0.3 is 0 Å². The molecule has 7 rings (SSSR count). The van der Waals surface area contributed by atoms with Crippen molar-refractivity contribution in [2.24, 2.45) is 0 Å². The molecule has 0 saturated heterocycles. The average molecular weight is 535 g/mol. The fourth-order valence-corrected chi connectivity index (χ4v) is 5.79. The van der Waals surface area contributed by atoms with Crippen molar-refractivity contribution >= 4 is 27.4 Å². The Balaban J connectivity index is 1.47. The maximum atomic E-state index is 9.38. The van der Waals surface area contributed by atoms with Gasteiger partial charge in [0, 0.05) is 6.20 Å². The first-order valence-electron chi connectivity index (χ1n) is 13.6. The molecule has 0 unspecified atom stereocenters. The Labute approximate surface area is 243 Å². The summed E-state index contributed by atoms with van der Waals surface area (Å²) in [5.74, 6) is 0.385. The predicted molar refractivity (Wildman–Crippen MR) is 170 cm³/mol. The molecule has 0 spiro atoms. The number of hydrogen-bond donors (Lipinski definition) is 0. The van der Waals surface area contributed by atoms with E-state index in [1.165, 1.54) is 32.7 Å². The molecule has 0 aliphatic carbocycles. The molecule has 0 amide bonds. The van der Waals surface area contributed by atoms with Crippen LogP contribution in [0.1, 0.15) is 5.69 Å². The third-order valence-electron chi connectivity index (χ3n) is 7.64. The largest absolute Gasteiger partial charge is 0.361 e. The number of benzene rings is 5. The molecular formula is C38H22N4. The summed E-state index contributed by atoms with van der Waals surface area (Å²) in [4.78, 5) is 11.8. The highest BCUT2D eigenvalue weighted by atomic mass is 14.8. The zero-order valence-electron chi connectivity index (χ0n) is 22.5. The minimum absolute atomic E-state index is 0.385. The second-order valence-corrected chi connectivity index (χ2v) is 10.1. The molecule has 0 aliphatic rings. The number of aromatic nitrogens is 2. The topological polar surface area (TPSA) is 53.9 Å². The summed E-state index contributed by atoms with van der Waals surface area (Å²) >= 11 is 0. The molecule has 2 heterocycles. The van der Waals surface area contributed by atoms with E-state index in [4.69, 9.17) is 6.57 Å². The van der Waals surface area contributed by atoms with Crippen LogP contribution in [0, 0.1) is 17.9 Å². The van der Waals surface area contributed by atoms with Gasteiger partial charge in [-0.2, -0.15) is 5.26 Å². The summed E-state index contributed by atoms with van der Waals surface area (Å²) in [6.07, 6.45) is 3.37. The third kappa shape index (κ3) is 4.34. The van der Waals surface area contributed by atoms with Gasteiger partial charge in [-0.1, -0.05) is 91.5 Å². The minimum atomic E-state index is 0.385. The summed E-state index contributed by atoms with van der Waals surface area (Å²) in [5, 5.41) is 14.0. The summed E-state index contributed by atoms with van der Waals surface area (Å²) in [6, 6.07) is 43.9. The molecule has 194 valence electrons. The van der Waals surface area contributed by atoms with E-state index in [1.54, 1.807) is 12.4 Å². The quantitative estimate of drug-likeness (QED) is 0.167. The van der Waals surface area contributed by atoms with Crippen molar-refractivity contribution in [3.63, 3.8) is 0 Å². The van der Waals surface area contributed by atoms with Crippen LogP contribution in [0.5, 0.6) is 0 Å². The lowest BCUT2D eigenvalue weighted by molar-refractivity contribution is 1.26. The first-order chi connectivity index (χ1) is 20.7. The smallest absolute Gasteiger partial charge is 0.270 e. The van der Waals surface area contributed by atoms with Crippen LogP contribution in [0.25, 0.3) is 70.9 Å². The molecule has 0 N–H and O–H groups in total. The van der Waals surface area contributed by atoms with Crippen LogP contribution in [-0.2, 0) is 0 Å². The van der Waals surface area contributed by atoms with E-state index in [1.807, 2.05) is 24.3 Å². The fraction of sp³-hybridized carbons (Fsp3) is 0. The Morgan fingerprint density at radius 3 is 1.45 bits per heavy atom. The lowest BCUT2D eigenvalue weighted by Crippen LogP contribution is -1.92. The lowest BCUT2D eigenvalue weighted by Gasteiger charge is -2.18. The highest BCUT2D eigenvalue weighted by Crippen LogP contribution is 2.44. The van der Waals surface area contributed by atoms with Gasteiger partial charge in [0.15, 0.2) is 0 Å². The minimum Gasteiger partial charge on any atom is -0.361 e. The van der Waals surface area contributed by atoms with E-state index in [0.717, 1.165) is 33.4 Å². The Morgan fingerprint density at radius 1 is 0.500 bits per heavy atom. The van der Waals surface area contributed by atoms with E-state index in [0.29, 0.717) is 11.5 Å². The van der Waals surface area contributed by atoms with E-state index in [2.05, 4.69) is 118 Å². The Bertz CT molecular complexity index is 2020. The molecule has 0 aliphatic heterocycles. The number of rotatable bonds is 4. The molecule has 0 radical (unpaired) electrons. The average Bonchev–Trinajstić information content (AvgIpc) is 3.07.